The molecular formula is C24H33F2N5OSi. The Labute approximate surface area is 195 Å². The minimum absolute atomic E-state index is 0.117. The van der Waals surface area contributed by atoms with Crippen LogP contribution in [0.2, 0.25) is 25.2 Å². The molecule has 2 fully saturated rings. The summed E-state index contributed by atoms with van der Waals surface area (Å²) in [5.41, 5.74) is 8.78. The summed E-state index contributed by atoms with van der Waals surface area (Å²) in [7, 11) is -1.16. The van der Waals surface area contributed by atoms with Crippen molar-refractivity contribution in [2.75, 3.05) is 29.0 Å². The Kier molecular flexibility index (Phi) is 6.44. The monoisotopic (exact) mass is 473 g/mol. The Hall–Kier alpha value is -2.55. The van der Waals surface area contributed by atoms with Crippen LogP contribution in [0.15, 0.2) is 24.3 Å². The summed E-state index contributed by atoms with van der Waals surface area (Å²) in [5.74, 6) is -2.05. The fourth-order valence-electron chi connectivity index (χ4n) is 4.68. The Morgan fingerprint density at radius 3 is 2.48 bits per heavy atom. The lowest BCUT2D eigenvalue weighted by Crippen LogP contribution is -2.43. The highest BCUT2D eigenvalue weighted by Crippen LogP contribution is 2.40. The number of benzene rings is 1. The Bertz CT molecular complexity index is 1030. The number of hydrogen-bond donors (Lipinski definition) is 2. The van der Waals surface area contributed by atoms with Gasteiger partial charge >= 0.3 is 0 Å². The second-order valence-electron chi connectivity index (χ2n) is 10.3. The lowest BCUT2D eigenvalue weighted by Gasteiger charge is -2.37. The molecule has 0 unspecified atom stereocenters. The van der Waals surface area contributed by atoms with Gasteiger partial charge in [-0.15, -0.1) is 0 Å². The van der Waals surface area contributed by atoms with Crippen LogP contribution in [0, 0.1) is 6.92 Å². The van der Waals surface area contributed by atoms with Crippen molar-refractivity contribution >= 4 is 31.2 Å². The molecule has 0 radical (unpaired) electrons. The number of rotatable bonds is 4. The summed E-state index contributed by atoms with van der Waals surface area (Å²) < 4.78 is 27.1. The van der Waals surface area contributed by atoms with E-state index >= 15 is 0 Å². The predicted molar refractivity (Wildman–Crippen MR) is 131 cm³/mol. The van der Waals surface area contributed by atoms with Gasteiger partial charge in [-0.05, 0) is 50.1 Å². The molecule has 2 aromatic rings. The van der Waals surface area contributed by atoms with Crippen LogP contribution >= 0.6 is 0 Å². The van der Waals surface area contributed by atoms with Crippen molar-refractivity contribution in [3.05, 3.63) is 41.3 Å². The van der Waals surface area contributed by atoms with Gasteiger partial charge in [-0.1, -0.05) is 13.1 Å². The van der Waals surface area contributed by atoms with E-state index in [-0.39, 0.29) is 24.7 Å². The molecule has 0 atom stereocenters. The first-order chi connectivity index (χ1) is 15.5. The van der Waals surface area contributed by atoms with Crippen molar-refractivity contribution in [3.8, 4) is 0 Å². The highest BCUT2D eigenvalue weighted by atomic mass is 28.3. The number of nitrogen functional groups attached to an aromatic ring is 1. The molecule has 1 aliphatic heterocycles. The van der Waals surface area contributed by atoms with Crippen LogP contribution < -0.4 is 16.0 Å². The van der Waals surface area contributed by atoms with Crippen LogP contribution in [0.4, 0.5) is 26.0 Å². The number of carbonyl (C=O) groups is 1. The molecule has 2 aliphatic rings. The SMILES string of the molecule is Cc1cc(NC(=O)c2ccc(N)cc2N2CC[Si](C)(C)CC2)nc(C2CCC(F)(F)CC2)n1. The molecule has 33 heavy (non-hydrogen) atoms. The van der Waals surface area contributed by atoms with Crippen molar-refractivity contribution in [1.82, 2.24) is 9.97 Å². The van der Waals surface area contributed by atoms with E-state index in [0.717, 1.165) is 18.8 Å². The first kappa shape index (κ1) is 23.6. The van der Waals surface area contributed by atoms with Crippen molar-refractivity contribution < 1.29 is 13.6 Å². The fraction of sp³-hybridized carbons (Fsp3) is 0.542. The summed E-state index contributed by atoms with van der Waals surface area (Å²) in [6.45, 7) is 8.48. The van der Waals surface area contributed by atoms with Gasteiger partial charge in [0.25, 0.3) is 5.91 Å². The quantitative estimate of drug-likeness (QED) is 0.456. The van der Waals surface area contributed by atoms with Gasteiger partial charge < -0.3 is 16.0 Å². The largest absolute Gasteiger partial charge is 0.399 e. The van der Waals surface area contributed by atoms with Crippen molar-refractivity contribution in [2.45, 2.75) is 69.6 Å². The number of aromatic nitrogens is 2. The Morgan fingerprint density at radius 1 is 1.15 bits per heavy atom. The number of aryl methyl sites for hydroxylation is 1. The average molecular weight is 474 g/mol. The minimum atomic E-state index is -2.60. The molecule has 1 amide bonds. The van der Waals surface area contributed by atoms with E-state index in [1.807, 2.05) is 13.0 Å². The topological polar surface area (TPSA) is 84.1 Å². The maximum Gasteiger partial charge on any atom is 0.258 e. The molecule has 1 aliphatic carbocycles. The molecule has 0 bridgehead atoms. The maximum atomic E-state index is 13.6. The smallest absolute Gasteiger partial charge is 0.258 e. The van der Waals surface area contributed by atoms with Gasteiger partial charge in [0, 0.05) is 49.3 Å². The van der Waals surface area contributed by atoms with E-state index in [1.54, 1.807) is 18.2 Å². The number of carbonyl (C=O) groups excluding carboxylic acids is 1. The van der Waals surface area contributed by atoms with Crippen LogP contribution in [-0.2, 0) is 0 Å². The van der Waals surface area contributed by atoms with Crippen LogP contribution in [-0.4, -0.2) is 43.0 Å². The average Bonchev–Trinajstić information content (AvgIpc) is 2.73. The Balaban J connectivity index is 1.54. The second-order valence-corrected chi connectivity index (χ2v) is 15.6. The zero-order valence-corrected chi connectivity index (χ0v) is 20.6. The Morgan fingerprint density at radius 2 is 1.82 bits per heavy atom. The highest BCUT2D eigenvalue weighted by Gasteiger charge is 2.36. The summed E-state index contributed by atoms with van der Waals surface area (Å²) in [4.78, 5) is 24.5. The third kappa shape index (κ3) is 5.69. The van der Waals surface area contributed by atoms with E-state index in [9.17, 15) is 13.6 Å². The third-order valence-electron chi connectivity index (χ3n) is 6.92. The van der Waals surface area contributed by atoms with Crippen LogP contribution in [0.1, 0.15) is 53.5 Å². The van der Waals surface area contributed by atoms with E-state index in [2.05, 4.69) is 33.3 Å². The first-order valence-corrected chi connectivity index (χ1v) is 15.1. The number of nitrogens with one attached hydrogen (secondary N) is 1. The number of nitrogens with zero attached hydrogens (tertiary/aromatic N) is 3. The second kappa shape index (κ2) is 9.00. The lowest BCUT2D eigenvalue weighted by molar-refractivity contribution is -0.0387. The van der Waals surface area contributed by atoms with Gasteiger partial charge in [-0.3, -0.25) is 4.79 Å². The molecule has 1 saturated carbocycles. The van der Waals surface area contributed by atoms with Gasteiger partial charge in [-0.25, -0.2) is 18.7 Å². The predicted octanol–water partition coefficient (Wildman–Crippen LogP) is 5.44. The maximum absolute atomic E-state index is 13.6. The molecule has 4 rings (SSSR count). The summed E-state index contributed by atoms with van der Waals surface area (Å²) in [6.07, 6.45) is 0.392. The van der Waals surface area contributed by atoms with Crippen LogP contribution in [0.3, 0.4) is 0 Å². The normalized spacial score (nSPS) is 20.5. The first-order valence-electron chi connectivity index (χ1n) is 11.7. The van der Waals surface area contributed by atoms with Crippen molar-refractivity contribution in [3.63, 3.8) is 0 Å². The number of halogens is 2. The number of hydrogen-bond acceptors (Lipinski definition) is 5. The minimum Gasteiger partial charge on any atom is -0.399 e. The lowest BCUT2D eigenvalue weighted by atomic mass is 9.86. The zero-order chi connectivity index (χ0) is 23.8. The molecule has 1 aromatic heterocycles. The molecular weight excluding hydrogens is 440 g/mol. The van der Waals surface area contributed by atoms with Gasteiger partial charge in [0.15, 0.2) is 0 Å². The third-order valence-corrected chi connectivity index (χ3v) is 10.1. The number of alkyl halides is 2. The van der Waals surface area contributed by atoms with Crippen LogP contribution in [0.5, 0.6) is 0 Å². The molecule has 0 spiro atoms. The van der Waals surface area contributed by atoms with E-state index in [0.29, 0.717) is 41.4 Å². The molecule has 1 saturated heterocycles. The van der Waals surface area contributed by atoms with Gasteiger partial charge in [0.05, 0.1) is 19.3 Å². The van der Waals surface area contributed by atoms with Crippen LogP contribution in [0.25, 0.3) is 0 Å². The van der Waals surface area contributed by atoms with E-state index in [4.69, 9.17) is 5.73 Å². The molecule has 9 heteroatoms. The summed E-state index contributed by atoms with van der Waals surface area (Å²) >= 11 is 0. The molecule has 178 valence electrons. The standard InChI is InChI=1S/C24H33F2N5OSi/c1-16-14-21(29-22(28-16)17-6-8-24(25,26)9-7-17)30-23(32)19-5-4-18(27)15-20(19)31-10-12-33(2,3)13-11-31/h4-5,14-15,17H,6-13,27H2,1-3H3,(H,28,29,30,32). The molecule has 3 N–H and O–H groups in total. The molecule has 2 heterocycles. The van der Waals surface area contributed by atoms with Gasteiger partial charge in [0.2, 0.25) is 5.92 Å². The zero-order valence-electron chi connectivity index (χ0n) is 19.6. The number of amides is 1. The van der Waals surface area contributed by atoms with E-state index in [1.165, 1.54) is 12.1 Å². The van der Waals surface area contributed by atoms with E-state index < -0.39 is 14.0 Å². The number of nitrogens with two attached hydrogens (primary N) is 1. The fourth-order valence-corrected chi connectivity index (χ4v) is 6.68. The van der Waals surface area contributed by atoms with Crippen molar-refractivity contribution in [2.24, 2.45) is 0 Å². The molecule has 6 nitrogen and oxygen atoms in total. The van der Waals surface area contributed by atoms with Gasteiger partial charge in [-0.2, -0.15) is 0 Å². The highest BCUT2D eigenvalue weighted by molar-refractivity contribution is 6.77. The summed E-state index contributed by atoms with van der Waals surface area (Å²) in [6, 6.07) is 9.43. The molecule has 1 aromatic carbocycles. The van der Waals surface area contributed by atoms with Crippen molar-refractivity contribution in [1.29, 1.82) is 0 Å². The summed E-state index contributed by atoms with van der Waals surface area (Å²) in [5, 5.41) is 2.91. The number of anilines is 3. The van der Waals surface area contributed by atoms with Gasteiger partial charge in [0.1, 0.15) is 11.6 Å².